The van der Waals surface area contributed by atoms with Gasteiger partial charge in [-0.1, -0.05) is 6.92 Å². The van der Waals surface area contributed by atoms with Gasteiger partial charge in [0.15, 0.2) is 0 Å². The largest absolute Gasteiger partial charge is 0.378 e. The molecule has 66 valence electrons. The van der Waals surface area contributed by atoms with E-state index in [1.807, 2.05) is 7.05 Å². The normalized spacial score (nSPS) is 18.8. The molecule has 1 heterocycles. The molecular formula is C8H18N2O. The van der Waals surface area contributed by atoms with Crippen molar-refractivity contribution >= 4 is 0 Å². The predicted molar refractivity (Wildman–Crippen MR) is 45.8 cm³/mol. The van der Waals surface area contributed by atoms with E-state index in [4.69, 9.17) is 4.74 Å². The van der Waals surface area contributed by atoms with E-state index in [1.165, 1.54) is 0 Å². The molecule has 1 saturated heterocycles. The topological polar surface area (TPSA) is 24.5 Å². The zero-order valence-corrected chi connectivity index (χ0v) is 7.47. The van der Waals surface area contributed by atoms with Crippen LogP contribution in [0, 0.1) is 0 Å². The van der Waals surface area contributed by atoms with Crippen LogP contribution in [-0.2, 0) is 4.74 Å². The highest BCUT2D eigenvalue weighted by Gasteiger charge is 2.23. The van der Waals surface area contributed by atoms with Crippen LogP contribution in [0.1, 0.15) is 6.92 Å². The molecule has 3 heteroatoms. The zero-order chi connectivity index (χ0) is 8.10. The molecule has 3 nitrogen and oxygen atoms in total. The molecule has 0 atom stereocenters. The Balaban J connectivity index is 2.13. The highest BCUT2D eigenvalue weighted by molar-refractivity contribution is 4.76. The third-order valence-electron chi connectivity index (χ3n) is 2.19. The summed E-state index contributed by atoms with van der Waals surface area (Å²) in [4.78, 5) is 2.46. The molecule has 1 N–H and O–H groups in total. The van der Waals surface area contributed by atoms with Crippen molar-refractivity contribution in [1.29, 1.82) is 0 Å². The number of nitrogens with zero attached hydrogens (tertiary/aromatic N) is 1. The molecule has 0 aliphatic carbocycles. The Bertz CT molecular complexity index is 104. The van der Waals surface area contributed by atoms with E-state index in [0.717, 1.165) is 32.8 Å². The first-order chi connectivity index (χ1) is 5.38. The van der Waals surface area contributed by atoms with Gasteiger partial charge in [-0.05, 0) is 13.6 Å². The van der Waals surface area contributed by atoms with Crippen LogP contribution in [0.2, 0.25) is 0 Å². The molecule has 1 rings (SSSR count). The van der Waals surface area contributed by atoms with Crippen LogP contribution < -0.4 is 5.32 Å². The van der Waals surface area contributed by atoms with Crippen molar-refractivity contribution in [2.75, 3.05) is 39.9 Å². The van der Waals surface area contributed by atoms with Crippen molar-refractivity contribution in [2.24, 2.45) is 0 Å². The van der Waals surface area contributed by atoms with Gasteiger partial charge in [0.05, 0.1) is 19.3 Å². The first kappa shape index (κ1) is 8.97. The Morgan fingerprint density at radius 2 is 2.27 bits per heavy atom. The van der Waals surface area contributed by atoms with Gasteiger partial charge in [0, 0.05) is 13.1 Å². The van der Waals surface area contributed by atoms with Crippen LogP contribution in [0.4, 0.5) is 0 Å². The van der Waals surface area contributed by atoms with Crippen LogP contribution in [0.25, 0.3) is 0 Å². The number of hydrogen-bond donors (Lipinski definition) is 1. The van der Waals surface area contributed by atoms with E-state index >= 15 is 0 Å². The molecular weight excluding hydrogens is 140 g/mol. The summed E-state index contributed by atoms with van der Waals surface area (Å²) in [7, 11) is 1.99. The Morgan fingerprint density at radius 3 is 2.64 bits per heavy atom. The van der Waals surface area contributed by atoms with E-state index < -0.39 is 0 Å². The van der Waals surface area contributed by atoms with E-state index in [0.29, 0.717) is 6.04 Å². The van der Waals surface area contributed by atoms with Gasteiger partial charge >= 0.3 is 0 Å². The molecule has 0 saturated carbocycles. The van der Waals surface area contributed by atoms with Crippen molar-refractivity contribution in [3.8, 4) is 0 Å². The lowest BCUT2D eigenvalue weighted by Gasteiger charge is -2.36. The van der Waals surface area contributed by atoms with Crippen molar-refractivity contribution in [3.63, 3.8) is 0 Å². The second-order valence-electron chi connectivity index (χ2n) is 2.92. The average Bonchev–Trinajstić information content (AvgIpc) is 1.93. The molecule has 0 amide bonds. The van der Waals surface area contributed by atoms with E-state index in [-0.39, 0.29) is 0 Å². The zero-order valence-electron chi connectivity index (χ0n) is 7.47. The van der Waals surface area contributed by atoms with Gasteiger partial charge in [-0.2, -0.15) is 0 Å². The van der Waals surface area contributed by atoms with Gasteiger partial charge in [-0.3, -0.25) is 4.90 Å². The molecule has 0 radical (unpaired) electrons. The van der Waals surface area contributed by atoms with Crippen LogP contribution in [0.15, 0.2) is 0 Å². The maximum Gasteiger partial charge on any atom is 0.0645 e. The molecule has 0 aromatic rings. The Hall–Kier alpha value is -0.120. The molecule has 0 spiro atoms. The summed E-state index contributed by atoms with van der Waals surface area (Å²) in [5.41, 5.74) is 0. The Kier molecular flexibility index (Phi) is 3.83. The third-order valence-corrected chi connectivity index (χ3v) is 2.19. The average molecular weight is 158 g/mol. The molecule has 0 aromatic carbocycles. The Morgan fingerprint density at radius 1 is 1.55 bits per heavy atom. The summed E-state index contributed by atoms with van der Waals surface area (Å²) in [5.74, 6) is 0. The van der Waals surface area contributed by atoms with Gasteiger partial charge in [0.2, 0.25) is 0 Å². The summed E-state index contributed by atoms with van der Waals surface area (Å²) in [5, 5.41) is 3.15. The van der Waals surface area contributed by atoms with Crippen molar-refractivity contribution in [3.05, 3.63) is 0 Å². The van der Waals surface area contributed by atoms with E-state index in [2.05, 4.69) is 17.1 Å². The summed E-state index contributed by atoms with van der Waals surface area (Å²) < 4.78 is 5.14. The molecule has 1 aliphatic heterocycles. The number of rotatable bonds is 5. The molecule has 0 unspecified atom stereocenters. The van der Waals surface area contributed by atoms with E-state index in [9.17, 15) is 0 Å². The number of ether oxygens (including phenoxy) is 1. The summed E-state index contributed by atoms with van der Waals surface area (Å²) in [6, 6.07) is 0.688. The lowest BCUT2D eigenvalue weighted by molar-refractivity contribution is -0.0625. The second-order valence-corrected chi connectivity index (χ2v) is 2.92. The SMILES string of the molecule is CCN(CCNC)C1COC1. The molecule has 0 bridgehead atoms. The van der Waals surface area contributed by atoms with Gasteiger partial charge < -0.3 is 10.1 Å². The van der Waals surface area contributed by atoms with Gasteiger partial charge in [0.1, 0.15) is 0 Å². The highest BCUT2D eigenvalue weighted by atomic mass is 16.5. The van der Waals surface area contributed by atoms with Crippen molar-refractivity contribution < 1.29 is 4.74 Å². The van der Waals surface area contributed by atoms with Crippen molar-refractivity contribution in [1.82, 2.24) is 10.2 Å². The summed E-state index contributed by atoms with van der Waals surface area (Å²) >= 11 is 0. The van der Waals surface area contributed by atoms with Gasteiger partial charge in [-0.15, -0.1) is 0 Å². The van der Waals surface area contributed by atoms with Crippen LogP contribution >= 0.6 is 0 Å². The minimum atomic E-state index is 0.688. The van der Waals surface area contributed by atoms with Crippen molar-refractivity contribution in [2.45, 2.75) is 13.0 Å². The maximum atomic E-state index is 5.14. The fourth-order valence-electron chi connectivity index (χ4n) is 1.29. The minimum absolute atomic E-state index is 0.688. The standard InChI is InChI=1S/C8H18N2O/c1-3-10(5-4-9-2)8-6-11-7-8/h8-9H,3-7H2,1-2H3. The monoisotopic (exact) mass is 158 g/mol. The number of nitrogens with one attached hydrogen (secondary N) is 1. The number of hydrogen-bond acceptors (Lipinski definition) is 3. The maximum absolute atomic E-state index is 5.14. The predicted octanol–water partition coefficient (Wildman–Crippen LogP) is -0.0735. The molecule has 1 aliphatic rings. The quantitative estimate of drug-likeness (QED) is 0.606. The van der Waals surface area contributed by atoms with Crippen LogP contribution in [-0.4, -0.2) is 50.8 Å². The van der Waals surface area contributed by atoms with Gasteiger partial charge in [-0.25, -0.2) is 0 Å². The lowest BCUT2D eigenvalue weighted by atomic mass is 10.2. The number of likely N-dealkylation sites (N-methyl/N-ethyl adjacent to an activating group) is 2. The molecule has 0 aromatic heterocycles. The van der Waals surface area contributed by atoms with E-state index in [1.54, 1.807) is 0 Å². The van der Waals surface area contributed by atoms with Gasteiger partial charge in [0.25, 0.3) is 0 Å². The fraction of sp³-hybridized carbons (Fsp3) is 1.00. The first-order valence-corrected chi connectivity index (χ1v) is 4.35. The van der Waals surface area contributed by atoms with Crippen LogP contribution in [0.5, 0.6) is 0 Å². The fourth-order valence-corrected chi connectivity index (χ4v) is 1.29. The molecule has 1 fully saturated rings. The molecule has 11 heavy (non-hydrogen) atoms. The highest BCUT2D eigenvalue weighted by Crippen LogP contribution is 2.08. The second kappa shape index (κ2) is 4.70. The summed E-state index contributed by atoms with van der Waals surface area (Å²) in [6.07, 6.45) is 0. The lowest BCUT2D eigenvalue weighted by Crippen LogP contribution is -2.50. The first-order valence-electron chi connectivity index (χ1n) is 4.35. The Labute approximate surface area is 68.7 Å². The summed E-state index contributed by atoms with van der Waals surface area (Å²) in [6.45, 7) is 7.41. The third kappa shape index (κ3) is 2.43. The smallest absolute Gasteiger partial charge is 0.0645 e. The van der Waals surface area contributed by atoms with Crippen LogP contribution in [0.3, 0.4) is 0 Å². The minimum Gasteiger partial charge on any atom is -0.378 e.